The molecule has 0 aromatic rings. The Balaban J connectivity index is 3.44. The smallest absolute Gasteiger partial charge is 0.261 e. The van der Waals surface area contributed by atoms with E-state index in [1.54, 1.807) is 0 Å². The van der Waals surface area contributed by atoms with Gasteiger partial charge in [-0.2, -0.15) is 0 Å². The van der Waals surface area contributed by atoms with Crippen LogP contribution in [0.4, 0.5) is 8.78 Å². The second-order valence-corrected chi connectivity index (χ2v) is 4.44. The number of nitrogens with two attached hydrogens (primary N) is 1. The van der Waals surface area contributed by atoms with Crippen molar-refractivity contribution in [1.29, 1.82) is 0 Å². The monoisotopic (exact) mass is 238 g/mol. The first-order valence-corrected chi connectivity index (χ1v) is 5.88. The maximum Gasteiger partial charge on any atom is 0.261 e. The lowest BCUT2D eigenvalue weighted by molar-refractivity contribution is 0.0141. The standard InChI is InChI=1S/C11H24F2N2O/c1-9(2)4-3-5-10(15-14)6-7-16-8-11(12)13/h9-11,15H,3-8,14H2,1-2H3. The van der Waals surface area contributed by atoms with Crippen LogP contribution in [0.3, 0.4) is 0 Å². The third-order valence-electron chi connectivity index (χ3n) is 2.42. The molecule has 3 nitrogen and oxygen atoms in total. The highest BCUT2D eigenvalue weighted by Crippen LogP contribution is 2.10. The summed E-state index contributed by atoms with van der Waals surface area (Å²) in [4.78, 5) is 0. The van der Waals surface area contributed by atoms with Gasteiger partial charge in [-0.3, -0.25) is 11.3 Å². The van der Waals surface area contributed by atoms with Crippen LogP contribution in [0.5, 0.6) is 0 Å². The molecule has 0 aliphatic heterocycles. The van der Waals surface area contributed by atoms with Crippen LogP contribution in [0.25, 0.3) is 0 Å². The topological polar surface area (TPSA) is 47.3 Å². The van der Waals surface area contributed by atoms with Gasteiger partial charge in [-0.25, -0.2) is 8.78 Å². The van der Waals surface area contributed by atoms with E-state index in [9.17, 15) is 8.78 Å². The number of rotatable bonds is 10. The van der Waals surface area contributed by atoms with Crippen molar-refractivity contribution >= 4 is 0 Å². The number of hydrogen-bond acceptors (Lipinski definition) is 3. The highest BCUT2D eigenvalue weighted by molar-refractivity contribution is 4.63. The molecule has 0 aliphatic rings. The summed E-state index contributed by atoms with van der Waals surface area (Å²) < 4.78 is 28.3. The van der Waals surface area contributed by atoms with Gasteiger partial charge in [-0.05, 0) is 18.8 Å². The van der Waals surface area contributed by atoms with E-state index in [1.165, 1.54) is 0 Å². The lowest BCUT2D eigenvalue weighted by Gasteiger charge is -2.16. The first kappa shape index (κ1) is 15.7. The highest BCUT2D eigenvalue weighted by Gasteiger charge is 2.08. The predicted molar refractivity (Wildman–Crippen MR) is 61.2 cm³/mol. The number of hydrogen-bond donors (Lipinski definition) is 2. The number of ether oxygens (including phenoxy) is 1. The molecule has 0 amide bonds. The molecule has 0 rings (SSSR count). The lowest BCUT2D eigenvalue weighted by atomic mass is 10.0. The summed E-state index contributed by atoms with van der Waals surface area (Å²) in [5.41, 5.74) is 2.70. The van der Waals surface area contributed by atoms with Crippen LogP contribution in [0.1, 0.15) is 39.5 Å². The van der Waals surface area contributed by atoms with Crippen molar-refractivity contribution in [1.82, 2.24) is 5.43 Å². The third-order valence-corrected chi connectivity index (χ3v) is 2.42. The lowest BCUT2D eigenvalue weighted by Crippen LogP contribution is -2.36. The van der Waals surface area contributed by atoms with Crippen LogP contribution < -0.4 is 11.3 Å². The molecular formula is C11H24F2N2O. The minimum Gasteiger partial charge on any atom is -0.375 e. The van der Waals surface area contributed by atoms with E-state index in [0.29, 0.717) is 18.9 Å². The molecule has 16 heavy (non-hydrogen) atoms. The van der Waals surface area contributed by atoms with Gasteiger partial charge in [0.1, 0.15) is 6.61 Å². The Labute approximate surface area is 96.7 Å². The van der Waals surface area contributed by atoms with Gasteiger partial charge in [0, 0.05) is 12.6 Å². The van der Waals surface area contributed by atoms with Crippen molar-refractivity contribution in [2.75, 3.05) is 13.2 Å². The second-order valence-electron chi connectivity index (χ2n) is 4.44. The normalized spacial score (nSPS) is 13.7. The Kier molecular flexibility index (Phi) is 9.77. The van der Waals surface area contributed by atoms with Crippen LogP contribution in [-0.2, 0) is 4.74 Å². The van der Waals surface area contributed by atoms with Gasteiger partial charge in [-0.1, -0.05) is 26.7 Å². The van der Waals surface area contributed by atoms with Gasteiger partial charge >= 0.3 is 0 Å². The zero-order valence-electron chi connectivity index (χ0n) is 10.2. The van der Waals surface area contributed by atoms with Crippen LogP contribution in [0.2, 0.25) is 0 Å². The van der Waals surface area contributed by atoms with Crippen molar-refractivity contribution in [3.63, 3.8) is 0 Å². The summed E-state index contributed by atoms with van der Waals surface area (Å²) in [6, 6.07) is 0.163. The quantitative estimate of drug-likeness (QED) is 0.349. The number of alkyl halides is 2. The minimum atomic E-state index is -2.38. The molecule has 0 aliphatic carbocycles. The molecule has 0 fully saturated rings. The molecule has 1 unspecified atom stereocenters. The van der Waals surface area contributed by atoms with Crippen LogP contribution >= 0.6 is 0 Å². The molecule has 0 saturated heterocycles. The molecule has 0 spiro atoms. The molecule has 0 radical (unpaired) electrons. The zero-order chi connectivity index (χ0) is 12.4. The van der Waals surface area contributed by atoms with Gasteiger partial charge in [0.2, 0.25) is 0 Å². The molecule has 0 aromatic heterocycles. The van der Waals surface area contributed by atoms with Gasteiger partial charge in [0.05, 0.1) is 0 Å². The van der Waals surface area contributed by atoms with E-state index < -0.39 is 13.0 Å². The van der Waals surface area contributed by atoms with Crippen LogP contribution in [0.15, 0.2) is 0 Å². The number of halogens is 2. The van der Waals surface area contributed by atoms with E-state index >= 15 is 0 Å². The highest BCUT2D eigenvalue weighted by atomic mass is 19.3. The fourth-order valence-corrected chi connectivity index (χ4v) is 1.48. The predicted octanol–water partition coefficient (Wildman–Crippen LogP) is 2.32. The summed E-state index contributed by atoms with van der Waals surface area (Å²) in [7, 11) is 0. The van der Waals surface area contributed by atoms with Crippen molar-refractivity contribution in [3.05, 3.63) is 0 Å². The van der Waals surface area contributed by atoms with Gasteiger partial charge < -0.3 is 4.74 Å². The third kappa shape index (κ3) is 10.3. The minimum absolute atomic E-state index is 0.163. The largest absolute Gasteiger partial charge is 0.375 e. The van der Waals surface area contributed by atoms with Gasteiger partial charge in [-0.15, -0.1) is 0 Å². The molecule has 1 atom stereocenters. The first-order valence-electron chi connectivity index (χ1n) is 5.88. The van der Waals surface area contributed by atoms with Gasteiger partial charge in [0.15, 0.2) is 0 Å². The molecular weight excluding hydrogens is 214 g/mol. The fraction of sp³-hybridized carbons (Fsp3) is 1.00. The number of hydrazine groups is 1. The van der Waals surface area contributed by atoms with Crippen LogP contribution in [0, 0.1) is 5.92 Å². The van der Waals surface area contributed by atoms with Crippen LogP contribution in [-0.4, -0.2) is 25.7 Å². The van der Waals surface area contributed by atoms with E-state index in [1.807, 2.05) is 0 Å². The molecule has 3 N–H and O–H groups in total. The summed E-state index contributed by atoms with van der Waals surface area (Å²) in [5, 5.41) is 0. The molecule has 5 heteroatoms. The summed E-state index contributed by atoms with van der Waals surface area (Å²) >= 11 is 0. The Hall–Kier alpha value is -0.260. The maximum atomic E-state index is 11.8. The fourth-order valence-electron chi connectivity index (χ4n) is 1.48. The van der Waals surface area contributed by atoms with Crippen molar-refractivity contribution < 1.29 is 13.5 Å². The average molecular weight is 238 g/mol. The molecule has 0 heterocycles. The van der Waals surface area contributed by atoms with E-state index in [4.69, 9.17) is 10.6 Å². The maximum absolute atomic E-state index is 11.8. The molecule has 0 aromatic carbocycles. The second kappa shape index (κ2) is 9.93. The molecule has 0 bridgehead atoms. The Morgan fingerprint density at radius 2 is 1.88 bits per heavy atom. The van der Waals surface area contributed by atoms with Gasteiger partial charge in [0.25, 0.3) is 6.43 Å². The zero-order valence-corrected chi connectivity index (χ0v) is 10.2. The van der Waals surface area contributed by atoms with Crippen molar-refractivity contribution in [2.45, 2.75) is 52.0 Å². The summed E-state index contributed by atoms with van der Waals surface area (Å²) in [6.07, 6.45) is 1.52. The average Bonchev–Trinajstić information content (AvgIpc) is 2.20. The Morgan fingerprint density at radius 3 is 2.38 bits per heavy atom. The molecule has 0 saturated carbocycles. The first-order chi connectivity index (χ1) is 7.56. The molecule has 98 valence electrons. The summed E-state index contributed by atoms with van der Waals surface area (Å²) in [5.74, 6) is 6.07. The van der Waals surface area contributed by atoms with E-state index in [0.717, 1.165) is 19.3 Å². The van der Waals surface area contributed by atoms with Crippen molar-refractivity contribution in [3.8, 4) is 0 Å². The van der Waals surface area contributed by atoms with E-state index in [-0.39, 0.29) is 6.04 Å². The van der Waals surface area contributed by atoms with Crippen molar-refractivity contribution in [2.24, 2.45) is 11.8 Å². The van der Waals surface area contributed by atoms with E-state index in [2.05, 4.69) is 19.3 Å². The Morgan fingerprint density at radius 1 is 1.19 bits per heavy atom. The SMILES string of the molecule is CC(C)CCCC(CCOCC(F)F)NN. The number of nitrogens with one attached hydrogen (secondary N) is 1. The Bertz CT molecular complexity index is 157. The summed E-state index contributed by atoms with van der Waals surface area (Å²) in [6.45, 7) is 4.21.